The summed E-state index contributed by atoms with van der Waals surface area (Å²) in [6.07, 6.45) is 7.88. The summed E-state index contributed by atoms with van der Waals surface area (Å²) < 4.78 is 6.33. The van der Waals surface area contributed by atoms with Gasteiger partial charge in [-0.15, -0.1) is 0 Å². The van der Waals surface area contributed by atoms with E-state index in [1.165, 1.54) is 0 Å². The van der Waals surface area contributed by atoms with Crippen molar-refractivity contribution in [1.82, 2.24) is 19.9 Å². The van der Waals surface area contributed by atoms with Crippen LogP contribution in [0.1, 0.15) is 39.5 Å². The number of fused-ring (bicyclic) bond motifs is 1. The van der Waals surface area contributed by atoms with E-state index in [2.05, 4.69) is 46.0 Å². The smallest absolute Gasteiger partial charge is 0.228 e. The maximum atomic E-state index is 6.33. The molecule has 33 heavy (non-hydrogen) atoms. The number of thiazole rings is 1. The molecule has 1 aliphatic rings. The molecule has 0 amide bonds. The first kappa shape index (κ1) is 23.7. The Morgan fingerprint density at radius 2 is 1.91 bits per heavy atom. The molecule has 0 spiro atoms. The molecular weight excluding hydrogens is 434 g/mol. The highest BCUT2D eigenvalue weighted by Crippen LogP contribution is 2.31. The first-order chi connectivity index (χ1) is 16.1. The number of nitrogens with one attached hydrogen (secondary N) is 1. The van der Waals surface area contributed by atoms with Crippen molar-refractivity contribution in [1.29, 1.82) is 0 Å². The lowest BCUT2D eigenvalue weighted by atomic mass is 9.94. The fourth-order valence-corrected chi connectivity index (χ4v) is 4.89. The lowest BCUT2D eigenvalue weighted by Crippen LogP contribution is -2.33. The predicted molar refractivity (Wildman–Crippen MR) is 137 cm³/mol. The summed E-state index contributed by atoms with van der Waals surface area (Å²) in [5.74, 6) is 1.36. The summed E-state index contributed by atoms with van der Waals surface area (Å²) in [6.45, 7) is 8.26. The number of nitrogens with zero attached hydrogens (tertiary/aromatic N) is 5. The van der Waals surface area contributed by atoms with Crippen LogP contribution >= 0.6 is 11.3 Å². The van der Waals surface area contributed by atoms with Crippen LogP contribution in [-0.4, -0.2) is 65.2 Å². The second-order valence-corrected chi connectivity index (χ2v) is 9.66. The number of nitrogens with two attached hydrogens (primary N) is 1. The predicted octanol–water partition coefficient (Wildman–Crippen LogP) is 4.26. The zero-order valence-corrected chi connectivity index (χ0v) is 20.6. The number of rotatable bonds is 10. The highest BCUT2D eigenvalue weighted by Gasteiger charge is 2.21. The van der Waals surface area contributed by atoms with Gasteiger partial charge in [0.2, 0.25) is 5.95 Å². The lowest BCUT2D eigenvalue weighted by molar-refractivity contribution is 0.149. The zero-order valence-electron chi connectivity index (χ0n) is 19.8. The van der Waals surface area contributed by atoms with Gasteiger partial charge in [0.05, 0.1) is 12.3 Å². The van der Waals surface area contributed by atoms with Gasteiger partial charge in [-0.05, 0) is 52.3 Å². The maximum absolute atomic E-state index is 6.33. The molecule has 2 heterocycles. The quantitative estimate of drug-likeness (QED) is 0.455. The third kappa shape index (κ3) is 6.10. The summed E-state index contributed by atoms with van der Waals surface area (Å²) in [4.78, 5) is 18.5. The lowest BCUT2D eigenvalue weighted by Gasteiger charge is -2.27. The molecule has 3 aromatic rings. The fourth-order valence-electron chi connectivity index (χ4n) is 3.99. The van der Waals surface area contributed by atoms with Gasteiger partial charge in [-0.1, -0.05) is 30.4 Å². The van der Waals surface area contributed by atoms with Crippen LogP contribution in [0.3, 0.4) is 0 Å². The summed E-state index contributed by atoms with van der Waals surface area (Å²) in [7, 11) is 2.14. The Balaban J connectivity index is 1.47. The highest BCUT2D eigenvalue weighted by atomic mass is 32.1. The molecule has 0 bridgehead atoms. The Bertz CT molecular complexity index is 1030. The van der Waals surface area contributed by atoms with Crippen molar-refractivity contribution < 1.29 is 4.74 Å². The molecule has 2 aromatic heterocycles. The molecule has 4 rings (SSSR count). The molecule has 178 valence electrons. The van der Waals surface area contributed by atoms with Crippen molar-refractivity contribution >= 4 is 38.3 Å². The summed E-state index contributed by atoms with van der Waals surface area (Å²) in [5, 5.41) is 6.23. The van der Waals surface area contributed by atoms with Crippen LogP contribution in [0.15, 0.2) is 30.6 Å². The Labute approximate surface area is 200 Å². The topological polar surface area (TPSA) is 92.4 Å². The largest absolute Gasteiger partial charge is 0.488 e. The van der Waals surface area contributed by atoms with E-state index in [-0.39, 0.29) is 6.10 Å². The molecule has 0 atom stereocenters. The molecule has 0 unspecified atom stereocenters. The van der Waals surface area contributed by atoms with Crippen LogP contribution in [0, 0.1) is 0 Å². The molecule has 0 radical (unpaired) electrons. The minimum atomic E-state index is 0.192. The van der Waals surface area contributed by atoms with E-state index in [9.17, 15) is 0 Å². The number of likely N-dealkylation sites (N-methyl/N-ethyl adjacent to an activating group) is 2. The fraction of sp³-hybridized carbons (Fsp3) is 0.542. The monoisotopic (exact) mass is 469 g/mol. The number of hydrogen-bond acceptors (Lipinski definition) is 9. The van der Waals surface area contributed by atoms with E-state index in [0.717, 1.165) is 78.6 Å². The van der Waals surface area contributed by atoms with E-state index in [0.29, 0.717) is 12.0 Å². The van der Waals surface area contributed by atoms with Crippen molar-refractivity contribution in [3.05, 3.63) is 30.6 Å². The molecule has 0 aliphatic heterocycles. The van der Waals surface area contributed by atoms with Gasteiger partial charge in [-0.2, -0.15) is 0 Å². The molecule has 3 N–H and O–H groups in total. The van der Waals surface area contributed by atoms with Gasteiger partial charge >= 0.3 is 0 Å². The molecule has 0 saturated heterocycles. The van der Waals surface area contributed by atoms with Gasteiger partial charge in [0.25, 0.3) is 0 Å². The molecule has 1 aliphatic carbocycles. The van der Waals surface area contributed by atoms with Crippen LogP contribution in [0.4, 0.5) is 16.1 Å². The number of hydrogen-bond donors (Lipinski definition) is 2. The van der Waals surface area contributed by atoms with Crippen molar-refractivity contribution in [2.45, 2.75) is 51.7 Å². The van der Waals surface area contributed by atoms with Gasteiger partial charge in [-0.25, -0.2) is 15.0 Å². The number of anilines is 3. The second kappa shape index (κ2) is 11.1. The summed E-state index contributed by atoms with van der Waals surface area (Å²) in [6, 6.07) is 6.30. The minimum absolute atomic E-state index is 0.192. The van der Waals surface area contributed by atoms with Crippen LogP contribution in [-0.2, 0) is 0 Å². The van der Waals surface area contributed by atoms with Crippen LogP contribution < -0.4 is 20.7 Å². The average molecular weight is 470 g/mol. The van der Waals surface area contributed by atoms with Gasteiger partial charge < -0.3 is 25.6 Å². The van der Waals surface area contributed by atoms with E-state index in [4.69, 9.17) is 15.5 Å². The van der Waals surface area contributed by atoms with Crippen molar-refractivity contribution in [2.24, 2.45) is 5.73 Å². The molecule has 1 aromatic carbocycles. The zero-order chi connectivity index (χ0) is 23.2. The van der Waals surface area contributed by atoms with Crippen LogP contribution in [0.2, 0.25) is 0 Å². The maximum Gasteiger partial charge on any atom is 0.228 e. The molecule has 9 heteroatoms. The highest BCUT2D eigenvalue weighted by molar-refractivity contribution is 7.19. The number of benzene rings is 1. The van der Waals surface area contributed by atoms with Crippen LogP contribution in [0.25, 0.3) is 10.9 Å². The first-order valence-electron chi connectivity index (χ1n) is 11.9. The Kier molecular flexibility index (Phi) is 7.95. The third-order valence-electron chi connectivity index (χ3n) is 6.26. The van der Waals surface area contributed by atoms with E-state index < -0.39 is 0 Å². The van der Waals surface area contributed by atoms with Gasteiger partial charge in [-0.3, -0.25) is 0 Å². The van der Waals surface area contributed by atoms with Crippen molar-refractivity contribution in [3.63, 3.8) is 0 Å². The summed E-state index contributed by atoms with van der Waals surface area (Å²) >= 11 is 1.62. The number of aromatic nitrogens is 3. The number of ether oxygens (including phenoxy) is 1. The normalized spacial score (nSPS) is 18.6. The Hall–Kier alpha value is -2.49. The van der Waals surface area contributed by atoms with Gasteiger partial charge in [0, 0.05) is 37.3 Å². The van der Waals surface area contributed by atoms with E-state index in [1.807, 2.05) is 30.6 Å². The first-order valence-corrected chi connectivity index (χ1v) is 12.7. The Morgan fingerprint density at radius 1 is 1.09 bits per heavy atom. The van der Waals surface area contributed by atoms with Gasteiger partial charge in [0.15, 0.2) is 5.13 Å². The summed E-state index contributed by atoms with van der Waals surface area (Å²) in [5.41, 5.74) is 6.87. The molecule has 8 nitrogen and oxygen atoms in total. The average Bonchev–Trinajstić information content (AvgIpc) is 3.29. The SMILES string of the molecule is CCN(C)CCN(CC)c1ncc(Nc2ncc3cccc(OC4CCC(N)CC4)c3n2)s1. The van der Waals surface area contributed by atoms with E-state index >= 15 is 0 Å². The van der Waals surface area contributed by atoms with Crippen LogP contribution in [0.5, 0.6) is 5.75 Å². The number of para-hydroxylation sites is 1. The molecular formula is C24H35N7OS. The minimum Gasteiger partial charge on any atom is -0.488 e. The van der Waals surface area contributed by atoms with Crippen molar-refractivity contribution in [2.75, 3.05) is 43.4 Å². The third-order valence-corrected chi connectivity index (χ3v) is 7.23. The standard InChI is InChI=1S/C24H35N7OS/c1-4-30(3)13-14-31(5-2)24-27-16-21(33-24)28-23-26-15-17-7-6-8-20(22(17)29-23)32-19-11-9-18(25)10-12-19/h6-8,15-16,18-19H,4-5,9-14,25H2,1-3H3,(H,26,28,29). The van der Waals surface area contributed by atoms with Crippen molar-refractivity contribution in [3.8, 4) is 5.75 Å². The second-order valence-electron chi connectivity index (χ2n) is 8.65. The molecule has 1 fully saturated rings. The van der Waals surface area contributed by atoms with E-state index in [1.54, 1.807) is 11.3 Å². The van der Waals surface area contributed by atoms with Gasteiger partial charge in [0.1, 0.15) is 16.3 Å². The molecule has 1 saturated carbocycles. The Morgan fingerprint density at radius 3 is 2.67 bits per heavy atom.